The molecule has 0 aromatic carbocycles. The monoisotopic (exact) mass is 227 g/mol. The molecular formula is C12H21NOS. The van der Waals surface area contributed by atoms with Gasteiger partial charge in [0.15, 0.2) is 0 Å². The lowest BCUT2D eigenvalue weighted by molar-refractivity contribution is 0.122. The van der Waals surface area contributed by atoms with Crippen LogP contribution >= 0.6 is 11.3 Å². The average Bonchev–Trinajstić information content (AvgIpc) is 2.77. The van der Waals surface area contributed by atoms with E-state index in [1.54, 1.807) is 11.3 Å². The standard InChI is InChI=1S/C12H21NOS/c1-3-4-8-14-9-7-11(13-2)12-6-5-10-15-12/h5-6,10-11,13H,3-4,7-9H2,1-2H3. The molecule has 0 aliphatic carbocycles. The van der Waals surface area contributed by atoms with Crippen molar-refractivity contribution in [2.45, 2.75) is 32.2 Å². The Balaban J connectivity index is 2.18. The van der Waals surface area contributed by atoms with E-state index in [2.05, 4.69) is 29.8 Å². The molecule has 1 atom stereocenters. The Kier molecular flexibility index (Phi) is 6.64. The normalized spacial score (nSPS) is 12.9. The van der Waals surface area contributed by atoms with Crippen LogP contribution in [0.3, 0.4) is 0 Å². The van der Waals surface area contributed by atoms with E-state index >= 15 is 0 Å². The molecular weight excluding hydrogens is 206 g/mol. The van der Waals surface area contributed by atoms with Gasteiger partial charge in [-0.1, -0.05) is 19.4 Å². The van der Waals surface area contributed by atoms with Gasteiger partial charge in [0.25, 0.3) is 0 Å². The number of thiophene rings is 1. The van der Waals surface area contributed by atoms with Crippen molar-refractivity contribution < 1.29 is 4.74 Å². The van der Waals surface area contributed by atoms with Crippen LogP contribution in [0.5, 0.6) is 0 Å². The van der Waals surface area contributed by atoms with Crippen molar-refractivity contribution in [3.8, 4) is 0 Å². The zero-order valence-electron chi connectivity index (χ0n) is 9.66. The topological polar surface area (TPSA) is 21.3 Å². The van der Waals surface area contributed by atoms with Gasteiger partial charge in [-0.25, -0.2) is 0 Å². The van der Waals surface area contributed by atoms with Crippen LogP contribution in [-0.2, 0) is 4.74 Å². The molecule has 15 heavy (non-hydrogen) atoms. The smallest absolute Gasteiger partial charge is 0.0484 e. The Hall–Kier alpha value is -0.380. The molecule has 1 N–H and O–H groups in total. The van der Waals surface area contributed by atoms with Crippen LogP contribution in [0, 0.1) is 0 Å². The van der Waals surface area contributed by atoms with Crippen LogP contribution in [0.15, 0.2) is 17.5 Å². The second-order valence-electron chi connectivity index (χ2n) is 3.61. The van der Waals surface area contributed by atoms with Gasteiger partial charge in [0.2, 0.25) is 0 Å². The molecule has 0 bridgehead atoms. The van der Waals surface area contributed by atoms with E-state index in [4.69, 9.17) is 4.74 Å². The number of rotatable bonds is 8. The van der Waals surface area contributed by atoms with Crippen molar-refractivity contribution >= 4 is 11.3 Å². The third kappa shape index (κ3) is 4.78. The fraction of sp³-hybridized carbons (Fsp3) is 0.667. The number of hydrogen-bond donors (Lipinski definition) is 1. The first kappa shape index (κ1) is 12.7. The summed E-state index contributed by atoms with van der Waals surface area (Å²) in [6.45, 7) is 3.94. The summed E-state index contributed by atoms with van der Waals surface area (Å²) >= 11 is 1.81. The predicted molar refractivity (Wildman–Crippen MR) is 66.5 cm³/mol. The zero-order chi connectivity index (χ0) is 10.9. The molecule has 1 heterocycles. The second-order valence-corrected chi connectivity index (χ2v) is 4.59. The van der Waals surface area contributed by atoms with Crippen LogP contribution in [0.1, 0.15) is 37.1 Å². The summed E-state index contributed by atoms with van der Waals surface area (Å²) in [7, 11) is 2.01. The molecule has 86 valence electrons. The van der Waals surface area contributed by atoms with Gasteiger partial charge in [-0.3, -0.25) is 0 Å². The van der Waals surface area contributed by atoms with Crippen LogP contribution in [0.2, 0.25) is 0 Å². The van der Waals surface area contributed by atoms with Crippen LogP contribution in [0.25, 0.3) is 0 Å². The molecule has 0 amide bonds. The molecule has 1 rings (SSSR count). The van der Waals surface area contributed by atoms with Crippen molar-refractivity contribution in [2.75, 3.05) is 20.3 Å². The lowest BCUT2D eigenvalue weighted by atomic mass is 10.2. The van der Waals surface area contributed by atoms with E-state index in [0.717, 1.165) is 19.6 Å². The minimum Gasteiger partial charge on any atom is -0.381 e. The molecule has 2 nitrogen and oxygen atoms in total. The molecule has 1 unspecified atom stereocenters. The van der Waals surface area contributed by atoms with Crippen molar-refractivity contribution in [3.05, 3.63) is 22.4 Å². The summed E-state index contributed by atoms with van der Waals surface area (Å²) in [5, 5.41) is 5.45. The number of unbranched alkanes of at least 4 members (excludes halogenated alkanes) is 1. The first-order valence-electron chi connectivity index (χ1n) is 5.67. The van der Waals surface area contributed by atoms with E-state index in [1.165, 1.54) is 17.7 Å². The Morgan fingerprint density at radius 2 is 2.33 bits per heavy atom. The van der Waals surface area contributed by atoms with Gasteiger partial charge >= 0.3 is 0 Å². The molecule has 0 saturated heterocycles. The molecule has 1 aromatic rings. The van der Waals surface area contributed by atoms with Gasteiger partial charge in [-0.05, 0) is 31.3 Å². The molecule has 0 aliphatic heterocycles. The predicted octanol–water partition coefficient (Wildman–Crippen LogP) is 3.22. The minimum atomic E-state index is 0.451. The largest absolute Gasteiger partial charge is 0.381 e. The summed E-state index contributed by atoms with van der Waals surface area (Å²) < 4.78 is 5.57. The Morgan fingerprint density at radius 1 is 1.47 bits per heavy atom. The van der Waals surface area contributed by atoms with Crippen LogP contribution in [-0.4, -0.2) is 20.3 Å². The highest BCUT2D eigenvalue weighted by molar-refractivity contribution is 7.10. The van der Waals surface area contributed by atoms with Crippen molar-refractivity contribution in [2.24, 2.45) is 0 Å². The Morgan fingerprint density at radius 3 is 2.93 bits per heavy atom. The van der Waals surface area contributed by atoms with E-state index in [9.17, 15) is 0 Å². The summed E-state index contributed by atoms with van der Waals surface area (Å²) in [6, 6.07) is 4.73. The highest BCUT2D eigenvalue weighted by Crippen LogP contribution is 2.21. The van der Waals surface area contributed by atoms with Gasteiger partial charge in [0.05, 0.1) is 0 Å². The molecule has 0 fully saturated rings. The number of ether oxygens (including phenoxy) is 1. The molecule has 0 saturated carbocycles. The van der Waals surface area contributed by atoms with Gasteiger partial charge in [-0.2, -0.15) is 0 Å². The average molecular weight is 227 g/mol. The van der Waals surface area contributed by atoms with Crippen molar-refractivity contribution in [1.29, 1.82) is 0 Å². The highest BCUT2D eigenvalue weighted by Gasteiger charge is 2.09. The third-order valence-corrected chi connectivity index (χ3v) is 3.41. The van der Waals surface area contributed by atoms with Crippen molar-refractivity contribution in [3.63, 3.8) is 0 Å². The maximum absolute atomic E-state index is 5.57. The second kappa shape index (κ2) is 7.85. The van der Waals surface area contributed by atoms with Crippen molar-refractivity contribution in [1.82, 2.24) is 5.32 Å². The highest BCUT2D eigenvalue weighted by atomic mass is 32.1. The summed E-state index contributed by atoms with van der Waals surface area (Å²) in [5.41, 5.74) is 0. The number of nitrogens with one attached hydrogen (secondary N) is 1. The third-order valence-electron chi connectivity index (χ3n) is 2.43. The van der Waals surface area contributed by atoms with Crippen LogP contribution < -0.4 is 5.32 Å². The summed E-state index contributed by atoms with van der Waals surface area (Å²) in [5.74, 6) is 0. The van der Waals surface area contributed by atoms with Gasteiger partial charge in [-0.15, -0.1) is 11.3 Å². The quantitative estimate of drug-likeness (QED) is 0.689. The lowest BCUT2D eigenvalue weighted by Crippen LogP contribution is -2.17. The Labute approximate surface area is 96.7 Å². The molecule has 0 spiro atoms. The molecule has 3 heteroatoms. The zero-order valence-corrected chi connectivity index (χ0v) is 10.5. The summed E-state index contributed by atoms with van der Waals surface area (Å²) in [4.78, 5) is 1.40. The van der Waals surface area contributed by atoms with E-state index in [0.29, 0.717) is 6.04 Å². The SMILES string of the molecule is CCCCOCCC(NC)c1cccs1. The first-order chi connectivity index (χ1) is 7.38. The summed E-state index contributed by atoms with van der Waals surface area (Å²) in [6.07, 6.45) is 3.43. The first-order valence-corrected chi connectivity index (χ1v) is 6.54. The van der Waals surface area contributed by atoms with E-state index < -0.39 is 0 Å². The maximum Gasteiger partial charge on any atom is 0.0484 e. The lowest BCUT2D eigenvalue weighted by Gasteiger charge is -2.14. The van der Waals surface area contributed by atoms with Crippen LogP contribution in [0.4, 0.5) is 0 Å². The molecule has 0 radical (unpaired) electrons. The fourth-order valence-corrected chi connectivity index (χ4v) is 2.34. The van der Waals surface area contributed by atoms with Gasteiger partial charge in [0, 0.05) is 24.1 Å². The van der Waals surface area contributed by atoms with E-state index in [1.807, 2.05) is 7.05 Å². The Bertz CT molecular complexity index is 236. The maximum atomic E-state index is 5.57. The molecule has 0 aliphatic rings. The number of hydrogen-bond acceptors (Lipinski definition) is 3. The molecule has 1 aromatic heterocycles. The van der Waals surface area contributed by atoms with Gasteiger partial charge < -0.3 is 10.1 Å². The van der Waals surface area contributed by atoms with E-state index in [-0.39, 0.29) is 0 Å². The minimum absolute atomic E-state index is 0.451. The van der Waals surface area contributed by atoms with Gasteiger partial charge in [0.1, 0.15) is 0 Å². The fourth-order valence-electron chi connectivity index (χ4n) is 1.47.